The van der Waals surface area contributed by atoms with Crippen LogP contribution in [0, 0.1) is 0 Å². The average molecular weight is 517 g/mol. The Kier molecular flexibility index (Phi) is 7.27. The first-order chi connectivity index (χ1) is 19.7. The minimum Gasteiger partial charge on any atom is -0.423 e. The van der Waals surface area contributed by atoms with Crippen LogP contribution in [0.25, 0.3) is 33.4 Å². The van der Waals surface area contributed by atoms with Crippen molar-refractivity contribution in [3.8, 4) is 33.4 Å². The monoisotopic (exact) mass is 517 g/mol. The van der Waals surface area contributed by atoms with Gasteiger partial charge in [-0.15, -0.1) is 0 Å². The van der Waals surface area contributed by atoms with Crippen molar-refractivity contribution >= 4 is 29.6 Å². The number of hydrogen-bond donors (Lipinski definition) is 2. The Morgan fingerprint density at radius 1 is 0.325 bits per heavy atom. The number of rotatable bonds is 7. The van der Waals surface area contributed by atoms with E-state index in [9.17, 15) is 10.0 Å². The summed E-state index contributed by atoms with van der Waals surface area (Å²) in [5.74, 6) is 0. The average Bonchev–Trinajstić information content (AvgIpc) is 3.03. The quantitative estimate of drug-likeness (QED) is 0.212. The molecule has 0 radical (unpaired) electrons. The van der Waals surface area contributed by atoms with Crippen LogP contribution in [-0.2, 0) is 0 Å². The third-order valence-corrected chi connectivity index (χ3v) is 7.13. The Morgan fingerprint density at radius 3 is 1.02 bits per heavy atom. The molecule has 3 nitrogen and oxygen atoms in total. The van der Waals surface area contributed by atoms with Crippen LogP contribution in [0.4, 0.5) is 17.1 Å². The highest BCUT2D eigenvalue weighted by molar-refractivity contribution is 6.58. The van der Waals surface area contributed by atoms with Gasteiger partial charge >= 0.3 is 7.12 Å². The molecule has 40 heavy (non-hydrogen) atoms. The van der Waals surface area contributed by atoms with Crippen molar-refractivity contribution in [1.82, 2.24) is 0 Å². The van der Waals surface area contributed by atoms with E-state index in [0.717, 1.165) is 28.2 Å². The van der Waals surface area contributed by atoms with Gasteiger partial charge in [-0.3, -0.25) is 0 Å². The fraction of sp³-hybridized carbons (Fsp3) is 0. The first-order valence-electron chi connectivity index (χ1n) is 13.3. The van der Waals surface area contributed by atoms with Gasteiger partial charge in [0.15, 0.2) is 0 Å². The van der Waals surface area contributed by atoms with E-state index in [4.69, 9.17) is 0 Å². The summed E-state index contributed by atoms with van der Waals surface area (Å²) in [7, 11) is -1.46. The van der Waals surface area contributed by atoms with E-state index in [1.807, 2.05) is 24.3 Å². The van der Waals surface area contributed by atoms with Crippen molar-refractivity contribution in [2.24, 2.45) is 0 Å². The number of hydrogen-bond acceptors (Lipinski definition) is 3. The van der Waals surface area contributed by atoms with E-state index in [-0.39, 0.29) is 0 Å². The smallest absolute Gasteiger partial charge is 0.423 e. The minimum atomic E-state index is -1.46. The normalized spacial score (nSPS) is 10.8. The number of para-hydroxylation sites is 1. The lowest BCUT2D eigenvalue weighted by molar-refractivity contribution is 0.426. The number of anilines is 3. The summed E-state index contributed by atoms with van der Waals surface area (Å²) in [6.07, 6.45) is 0. The van der Waals surface area contributed by atoms with Crippen molar-refractivity contribution < 1.29 is 10.0 Å². The molecule has 0 unspecified atom stereocenters. The molecule has 0 saturated heterocycles. The van der Waals surface area contributed by atoms with E-state index < -0.39 is 7.12 Å². The maximum Gasteiger partial charge on any atom is 0.488 e. The van der Waals surface area contributed by atoms with Gasteiger partial charge in [0.2, 0.25) is 0 Å². The highest BCUT2D eigenvalue weighted by Crippen LogP contribution is 2.36. The Balaban J connectivity index is 1.28. The van der Waals surface area contributed by atoms with E-state index in [0.29, 0.717) is 5.46 Å². The second-order valence-corrected chi connectivity index (χ2v) is 9.70. The van der Waals surface area contributed by atoms with Gasteiger partial charge in [0.05, 0.1) is 0 Å². The molecule has 0 saturated carbocycles. The van der Waals surface area contributed by atoms with Crippen LogP contribution >= 0.6 is 0 Å². The van der Waals surface area contributed by atoms with Crippen molar-refractivity contribution in [2.45, 2.75) is 0 Å². The molecule has 0 aliphatic carbocycles. The zero-order chi connectivity index (χ0) is 27.3. The van der Waals surface area contributed by atoms with E-state index in [1.165, 1.54) is 22.3 Å². The minimum absolute atomic E-state index is 0.478. The molecule has 0 aliphatic heterocycles. The largest absolute Gasteiger partial charge is 0.488 e. The van der Waals surface area contributed by atoms with Gasteiger partial charge in [0.25, 0.3) is 0 Å². The Hall–Kier alpha value is -4.90. The molecule has 0 aromatic heterocycles. The maximum absolute atomic E-state index is 9.39. The molecule has 0 bridgehead atoms. The molecule has 2 N–H and O–H groups in total. The summed E-state index contributed by atoms with van der Waals surface area (Å²) >= 11 is 0. The first kappa shape index (κ1) is 25.4. The lowest BCUT2D eigenvalue weighted by Crippen LogP contribution is -2.29. The molecule has 6 aromatic rings. The van der Waals surface area contributed by atoms with Crippen molar-refractivity contribution in [3.63, 3.8) is 0 Å². The van der Waals surface area contributed by atoms with Crippen LogP contribution in [0.3, 0.4) is 0 Å². The van der Waals surface area contributed by atoms with Crippen molar-refractivity contribution in [3.05, 3.63) is 158 Å². The summed E-state index contributed by atoms with van der Waals surface area (Å²) in [6, 6.07) is 53.9. The molecule has 192 valence electrons. The summed E-state index contributed by atoms with van der Waals surface area (Å²) in [5.41, 5.74) is 10.5. The molecule has 4 heteroatoms. The fourth-order valence-electron chi connectivity index (χ4n) is 4.96. The van der Waals surface area contributed by atoms with Gasteiger partial charge in [-0.05, 0) is 75.2 Å². The predicted molar refractivity (Wildman–Crippen MR) is 167 cm³/mol. The van der Waals surface area contributed by atoms with Crippen LogP contribution in [0.1, 0.15) is 0 Å². The summed E-state index contributed by atoms with van der Waals surface area (Å²) < 4.78 is 0. The zero-order valence-electron chi connectivity index (χ0n) is 21.9. The maximum atomic E-state index is 9.39. The fourth-order valence-corrected chi connectivity index (χ4v) is 4.96. The van der Waals surface area contributed by atoms with Gasteiger partial charge in [-0.2, -0.15) is 0 Å². The second-order valence-electron chi connectivity index (χ2n) is 9.70. The molecular formula is C36H28BNO2. The van der Waals surface area contributed by atoms with Crippen molar-refractivity contribution in [2.75, 3.05) is 4.90 Å². The van der Waals surface area contributed by atoms with Crippen LogP contribution < -0.4 is 10.4 Å². The van der Waals surface area contributed by atoms with Gasteiger partial charge in [-0.1, -0.05) is 121 Å². The summed E-state index contributed by atoms with van der Waals surface area (Å²) in [4.78, 5) is 2.25. The van der Waals surface area contributed by atoms with Crippen LogP contribution in [0.15, 0.2) is 158 Å². The summed E-state index contributed by atoms with van der Waals surface area (Å²) in [5, 5.41) is 18.8. The molecule has 0 heterocycles. The highest BCUT2D eigenvalue weighted by Gasteiger charge is 2.14. The molecule has 0 spiro atoms. The van der Waals surface area contributed by atoms with Gasteiger partial charge < -0.3 is 14.9 Å². The first-order valence-corrected chi connectivity index (χ1v) is 13.3. The number of nitrogens with zero attached hydrogens (tertiary/aromatic N) is 1. The molecule has 6 rings (SSSR count). The molecule has 0 aliphatic rings. The third-order valence-electron chi connectivity index (χ3n) is 7.13. The van der Waals surface area contributed by atoms with E-state index >= 15 is 0 Å². The van der Waals surface area contributed by atoms with Gasteiger partial charge in [0.1, 0.15) is 0 Å². The second kappa shape index (κ2) is 11.5. The molecule has 0 fully saturated rings. The number of benzene rings is 6. The Morgan fingerprint density at radius 2 is 0.625 bits per heavy atom. The highest BCUT2D eigenvalue weighted by atomic mass is 16.4. The molecule has 0 atom stereocenters. The van der Waals surface area contributed by atoms with Crippen LogP contribution in [0.2, 0.25) is 0 Å². The summed E-state index contributed by atoms with van der Waals surface area (Å²) in [6.45, 7) is 0. The SMILES string of the molecule is OB(O)c1ccc(-c2ccc(N(c3ccccc3)c3ccc(-c4ccc(-c5ccccc5)cc4)cc3)cc2)cc1. The van der Waals surface area contributed by atoms with Crippen molar-refractivity contribution in [1.29, 1.82) is 0 Å². The molecule has 0 amide bonds. The molecular weight excluding hydrogens is 489 g/mol. The Bertz CT molecular complexity index is 1670. The predicted octanol–water partition coefficient (Wildman–Crippen LogP) is 7.84. The standard InChI is InChI=1S/C36H28BNO2/c39-37(40)33-21-15-30(16-22-33)32-19-25-36(26-20-32)38(34-9-5-2-6-10-34)35-23-17-31(18-24-35)29-13-11-28(12-14-29)27-7-3-1-4-8-27/h1-26,39-40H. The third kappa shape index (κ3) is 5.45. The van der Waals surface area contributed by atoms with E-state index in [2.05, 4.69) is 126 Å². The zero-order valence-corrected chi connectivity index (χ0v) is 21.9. The lowest BCUT2D eigenvalue weighted by atomic mass is 9.80. The topological polar surface area (TPSA) is 43.7 Å². The van der Waals surface area contributed by atoms with Crippen LogP contribution in [-0.4, -0.2) is 17.2 Å². The van der Waals surface area contributed by atoms with Crippen LogP contribution in [0.5, 0.6) is 0 Å². The van der Waals surface area contributed by atoms with E-state index in [1.54, 1.807) is 12.1 Å². The van der Waals surface area contributed by atoms with Gasteiger partial charge in [0, 0.05) is 17.1 Å². The van der Waals surface area contributed by atoms with Gasteiger partial charge in [-0.25, -0.2) is 0 Å². The Labute approximate surface area is 235 Å². The molecule has 6 aromatic carbocycles. The lowest BCUT2D eigenvalue weighted by Gasteiger charge is -2.26.